The van der Waals surface area contributed by atoms with E-state index in [1.807, 2.05) is 0 Å². The van der Waals surface area contributed by atoms with Crippen LogP contribution < -0.4 is 10.1 Å². The monoisotopic (exact) mass is 367 g/mol. The van der Waals surface area contributed by atoms with Crippen LogP contribution in [0.25, 0.3) is 0 Å². The Morgan fingerprint density at radius 3 is 2.50 bits per heavy atom. The van der Waals surface area contributed by atoms with Gasteiger partial charge in [0.05, 0.1) is 13.2 Å². The molecule has 6 heteroatoms. The highest BCUT2D eigenvalue weighted by atomic mass is 79.9. The Morgan fingerprint density at radius 2 is 1.86 bits per heavy atom. The Bertz CT molecular complexity index is 631. The quantitative estimate of drug-likeness (QED) is 0.630. The molecule has 2 aromatic rings. The van der Waals surface area contributed by atoms with Crippen molar-refractivity contribution in [1.82, 2.24) is 5.32 Å². The number of aliphatic hydroxyl groups excluding tert-OH is 1. The van der Waals surface area contributed by atoms with Gasteiger partial charge in [-0.3, -0.25) is 0 Å². The van der Waals surface area contributed by atoms with Crippen LogP contribution in [0.1, 0.15) is 17.2 Å². The van der Waals surface area contributed by atoms with Crippen LogP contribution in [0.4, 0.5) is 0 Å². The zero-order chi connectivity index (χ0) is 16.1. The molecule has 0 heterocycles. The number of ether oxygens (including phenoxy) is 1. The summed E-state index contributed by atoms with van der Waals surface area (Å²) in [6.45, 7) is 0.831. The SMILES string of the molecule is COc1cc(Br)c(CNC[C@H](O)c2ccc(O)cc2)cc1O. The lowest BCUT2D eigenvalue weighted by atomic mass is 10.1. The van der Waals surface area contributed by atoms with Crippen LogP contribution in [0, 0.1) is 0 Å². The van der Waals surface area contributed by atoms with E-state index in [9.17, 15) is 15.3 Å². The van der Waals surface area contributed by atoms with Gasteiger partial charge in [0.25, 0.3) is 0 Å². The third kappa shape index (κ3) is 4.13. The van der Waals surface area contributed by atoms with E-state index in [2.05, 4.69) is 21.2 Å². The van der Waals surface area contributed by atoms with Gasteiger partial charge in [0.2, 0.25) is 0 Å². The first-order valence-corrected chi connectivity index (χ1v) is 7.53. The first kappa shape index (κ1) is 16.6. The average Bonchev–Trinajstić information content (AvgIpc) is 2.50. The van der Waals surface area contributed by atoms with Gasteiger partial charge >= 0.3 is 0 Å². The molecule has 0 spiro atoms. The van der Waals surface area contributed by atoms with Crippen LogP contribution in [0.2, 0.25) is 0 Å². The predicted octanol–water partition coefficient (Wildman–Crippen LogP) is 2.69. The fourth-order valence-electron chi connectivity index (χ4n) is 2.04. The van der Waals surface area contributed by atoms with Crippen molar-refractivity contribution in [3.05, 3.63) is 52.0 Å². The standard InChI is InChI=1S/C16H18BrNO4/c1-22-16-7-13(17)11(6-14(16)20)8-18-9-15(21)10-2-4-12(19)5-3-10/h2-7,15,18-21H,8-9H2,1H3/t15-/m0/s1. The van der Waals surface area contributed by atoms with E-state index in [1.165, 1.54) is 19.2 Å². The first-order chi connectivity index (χ1) is 10.5. The molecule has 0 amide bonds. The lowest BCUT2D eigenvalue weighted by Gasteiger charge is -2.14. The highest BCUT2D eigenvalue weighted by Crippen LogP contribution is 2.32. The third-order valence-electron chi connectivity index (χ3n) is 3.28. The summed E-state index contributed by atoms with van der Waals surface area (Å²) in [7, 11) is 1.49. The zero-order valence-corrected chi connectivity index (χ0v) is 13.7. The van der Waals surface area contributed by atoms with Crippen molar-refractivity contribution < 1.29 is 20.1 Å². The van der Waals surface area contributed by atoms with Gasteiger partial charge in [-0.2, -0.15) is 0 Å². The molecular formula is C16H18BrNO4. The molecule has 0 saturated heterocycles. The van der Waals surface area contributed by atoms with Gasteiger partial charge in [-0.1, -0.05) is 28.1 Å². The van der Waals surface area contributed by atoms with E-state index in [0.717, 1.165) is 15.6 Å². The van der Waals surface area contributed by atoms with E-state index >= 15 is 0 Å². The minimum Gasteiger partial charge on any atom is -0.508 e. The van der Waals surface area contributed by atoms with Gasteiger partial charge in [0.15, 0.2) is 11.5 Å². The van der Waals surface area contributed by atoms with Crippen LogP contribution in [0.3, 0.4) is 0 Å². The molecule has 118 valence electrons. The Labute approximate surface area is 137 Å². The van der Waals surface area contributed by atoms with Gasteiger partial charge in [-0.05, 0) is 35.4 Å². The van der Waals surface area contributed by atoms with Crippen LogP contribution in [-0.4, -0.2) is 29.0 Å². The summed E-state index contributed by atoms with van der Waals surface area (Å²) in [4.78, 5) is 0. The Balaban J connectivity index is 1.93. The number of hydrogen-bond donors (Lipinski definition) is 4. The number of phenolic OH excluding ortho intramolecular Hbond substituents is 2. The van der Waals surface area contributed by atoms with Gasteiger partial charge in [-0.15, -0.1) is 0 Å². The molecule has 0 aromatic heterocycles. The molecule has 0 unspecified atom stereocenters. The second-order valence-electron chi connectivity index (χ2n) is 4.85. The van der Waals surface area contributed by atoms with Crippen molar-refractivity contribution >= 4 is 15.9 Å². The zero-order valence-electron chi connectivity index (χ0n) is 12.1. The minimum atomic E-state index is -0.675. The molecule has 5 nitrogen and oxygen atoms in total. The lowest BCUT2D eigenvalue weighted by Crippen LogP contribution is -2.21. The van der Waals surface area contributed by atoms with Crippen molar-refractivity contribution in [2.45, 2.75) is 12.6 Å². The van der Waals surface area contributed by atoms with E-state index in [0.29, 0.717) is 18.8 Å². The summed E-state index contributed by atoms with van der Waals surface area (Å²) in [5.74, 6) is 0.642. The van der Waals surface area contributed by atoms with E-state index < -0.39 is 6.10 Å². The molecule has 1 atom stereocenters. The molecule has 22 heavy (non-hydrogen) atoms. The molecule has 0 aliphatic heterocycles. The largest absolute Gasteiger partial charge is 0.508 e. The van der Waals surface area contributed by atoms with Crippen LogP contribution in [-0.2, 0) is 6.54 Å². The maximum Gasteiger partial charge on any atom is 0.161 e. The molecule has 0 aliphatic rings. The topological polar surface area (TPSA) is 82.0 Å². The Kier molecular flexibility index (Phi) is 5.65. The van der Waals surface area contributed by atoms with E-state index in [1.54, 1.807) is 24.3 Å². The predicted molar refractivity (Wildman–Crippen MR) is 87.1 cm³/mol. The van der Waals surface area contributed by atoms with Crippen molar-refractivity contribution in [1.29, 1.82) is 0 Å². The molecule has 2 rings (SSSR count). The number of rotatable bonds is 6. The minimum absolute atomic E-state index is 0.0709. The summed E-state index contributed by atoms with van der Waals surface area (Å²) in [6.07, 6.45) is -0.675. The molecule has 0 fully saturated rings. The Hall–Kier alpha value is -1.76. The van der Waals surface area contributed by atoms with Crippen LogP contribution >= 0.6 is 15.9 Å². The van der Waals surface area contributed by atoms with Crippen LogP contribution in [0.15, 0.2) is 40.9 Å². The number of phenols is 2. The van der Waals surface area contributed by atoms with Crippen molar-refractivity contribution in [3.8, 4) is 17.2 Å². The maximum atomic E-state index is 10.1. The smallest absolute Gasteiger partial charge is 0.161 e. The number of halogens is 1. The summed E-state index contributed by atoms with van der Waals surface area (Å²) >= 11 is 3.42. The normalized spacial score (nSPS) is 12.1. The summed E-state index contributed by atoms with van der Waals surface area (Å²) in [6, 6.07) is 9.74. The molecule has 2 aromatic carbocycles. The second-order valence-corrected chi connectivity index (χ2v) is 5.71. The highest BCUT2D eigenvalue weighted by molar-refractivity contribution is 9.10. The second kappa shape index (κ2) is 7.49. The molecule has 0 radical (unpaired) electrons. The maximum absolute atomic E-state index is 10.1. The Morgan fingerprint density at radius 1 is 1.18 bits per heavy atom. The van der Waals surface area contributed by atoms with Crippen molar-refractivity contribution in [2.75, 3.05) is 13.7 Å². The average molecular weight is 368 g/mol. The molecule has 0 saturated carbocycles. The van der Waals surface area contributed by atoms with Crippen LogP contribution in [0.5, 0.6) is 17.2 Å². The van der Waals surface area contributed by atoms with Gasteiger partial charge in [-0.25, -0.2) is 0 Å². The van der Waals surface area contributed by atoms with E-state index in [-0.39, 0.29) is 11.5 Å². The van der Waals surface area contributed by atoms with Gasteiger partial charge in [0.1, 0.15) is 5.75 Å². The molecule has 0 bridgehead atoms. The molecule has 0 aliphatic carbocycles. The van der Waals surface area contributed by atoms with Gasteiger partial charge in [0, 0.05) is 17.6 Å². The van der Waals surface area contributed by atoms with Gasteiger partial charge < -0.3 is 25.4 Å². The van der Waals surface area contributed by atoms with Crippen molar-refractivity contribution in [3.63, 3.8) is 0 Å². The van der Waals surface area contributed by atoms with Crippen molar-refractivity contribution in [2.24, 2.45) is 0 Å². The summed E-state index contributed by atoms with van der Waals surface area (Å²) < 4.78 is 5.84. The number of aliphatic hydroxyl groups is 1. The van der Waals surface area contributed by atoms with E-state index in [4.69, 9.17) is 4.74 Å². The highest BCUT2D eigenvalue weighted by Gasteiger charge is 2.10. The first-order valence-electron chi connectivity index (χ1n) is 6.74. The number of methoxy groups -OCH3 is 1. The third-order valence-corrected chi connectivity index (χ3v) is 4.02. The number of aromatic hydroxyl groups is 2. The fourth-order valence-corrected chi connectivity index (χ4v) is 2.51. The number of nitrogens with one attached hydrogen (secondary N) is 1. The number of hydrogen-bond acceptors (Lipinski definition) is 5. The molecule has 4 N–H and O–H groups in total. The molecular weight excluding hydrogens is 350 g/mol. The number of benzene rings is 2. The summed E-state index contributed by atoms with van der Waals surface area (Å²) in [5.41, 5.74) is 1.58. The lowest BCUT2D eigenvalue weighted by molar-refractivity contribution is 0.174. The summed E-state index contributed by atoms with van der Waals surface area (Å²) in [5, 5.41) is 32.2. The fraction of sp³-hybridized carbons (Fsp3) is 0.250.